The molecular formula is C13H11BrN2O2. The van der Waals surface area contributed by atoms with Crippen molar-refractivity contribution in [1.82, 2.24) is 9.97 Å². The van der Waals surface area contributed by atoms with Crippen molar-refractivity contribution >= 4 is 21.9 Å². The fraction of sp³-hybridized carbons (Fsp3) is 0.154. The molecule has 18 heavy (non-hydrogen) atoms. The van der Waals surface area contributed by atoms with Crippen molar-refractivity contribution in [2.75, 3.05) is 7.11 Å². The average molecular weight is 307 g/mol. The van der Waals surface area contributed by atoms with Gasteiger partial charge in [-0.25, -0.2) is 9.97 Å². The van der Waals surface area contributed by atoms with Gasteiger partial charge in [-0.15, -0.1) is 0 Å². The van der Waals surface area contributed by atoms with Crippen LogP contribution in [-0.4, -0.2) is 23.0 Å². The molecule has 0 unspecified atom stereocenters. The van der Waals surface area contributed by atoms with Gasteiger partial charge in [0.25, 0.3) is 0 Å². The summed E-state index contributed by atoms with van der Waals surface area (Å²) in [6.45, 7) is 0. The van der Waals surface area contributed by atoms with Crippen molar-refractivity contribution < 1.29 is 9.53 Å². The largest absolute Gasteiger partial charge is 0.469 e. The lowest BCUT2D eigenvalue weighted by molar-refractivity contribution is -0.139. The number of benzene rings is 1. The van der Waals surface area contributed by atoms with Crippen LogP contribution in [-0.2, 0) is 16.0 Å². The monoisotopic (exact) mass is 306 g/mol. The van der Waals surface area contributed by atoms with Crippen molar-refractivity contribution in [3.63, 3.8) is 0 Å². The summed E-state index contributed by atoms with van der Waals surface area (Å²) in [5, 5.41) is 0. The molecule has 0 aliphatic heterocycles. The van der Waals surface area contributed by atoms with E-state index in [1.54, 1.807) is 12.4 Å². The number of aromatic nitrogens is 2. The summed E-state index contributed by atoms with van der Waals surface area (Å²) in [4.78, 5) is 19.6. The molecule has 1 aromatic heterocycles. The predicted octanol–water partition coefficient (Wildman–Crippen LogP) is 2.62. The standard InChI is InChI=1S/C13H11BrN2O2/c1-18-12(17)6-9-3-2-4-10(5-9)13-15-7-11(14)8-16-13/h2-5,7-8H,6H2,1H3. The van der Waals surface area contributed by atoms with Crippen LogP contribution in [0.15, 0.2) is 41.1 Å². The summed E-state index contributed by atoms with van der Waals surface area (Å²) in [5.74, 6) is 0.369. The third kappa shape index (κ3) is 3.13. The summed E-state index contributed by atoms with van der Waals surface area (Å²) in [6, 6.07) is 7.54. The number of methoxy groups -OCH3 is 1. The maximum absolute atomic E-state index is 11.2. The number of rotatable bonds is 3. The third-order valence-corrected chi connectivity index (χ3v) is 2.79. The van der Waals surface area contributed by atoms with Gasteiger partial charge < -0.3 is 4.74 Å². The molecule has 0 amide bonds. The van der Waals surface area contributed by atoms with Crippen molar-refractivity contribution in [1.29, 1.82) is 0 Å². The maximum Gasteiger partial charge on any atom is 0.309 e. The number of hydrogen-bond donors (Lipinski definition) is 0. The molecule has 0 aliphatic carbocycles. The Morgan fingerprint density at radius 1 is 1.33 bits per heavy atom. The minimum absolute atomic E-state index is 0.251. The Bertz CT molecular complexity index is 555. The molecule has 92 valence electrons. The van der Waals surface area contributed by atoms with Gasteiger partial charge in [-0.05, 0) is 27.6 Å². The molecule has 0 fully saturated rings. The van der Waals surface area contributed by atoms with E-state index < -0.39 is 0 Å². The fourth-order valence-electron chi connectivity index (χ4n) is 1.52. The van der Waals surface area contributed by atoms with Crippen LogP contribution in [0, 0.1) is 0 Å². The molecule has 2 aromatic rings. The third-order valence-electron chi connectivity index (χ3n) is 2.38. The van der Waals surface area contributed by atoms with Crippen molar-refractivity contribution in [3.8, 4) is 11.4 Å². The van der Waals surface area contributed by atoms with Gasteiger partial charge in [-0.3, -0.25) is 4.79 Å². The lowest BCUT2D eigenvalue weighted by Gasteiger charge is -2.03. The second kappa shape index (κ2) is 5.73. The van der Waals surface area contributed by atoms with Crippen LogP contribution in [0.2, 0.25) is 0 Å². The van der Waals surface area contributed by atoms with E-state index >= 15 is 0 Å². The first-order valence-electron chi connectivity index (χ1n) is 5.32. The first kappa shape index (κ1) is 12.7. The molecule has 0 saturated carbocycles. The Balaban J connectivity index is 2.26. The Labute approximate surface area is 113 Å². The fourth-order valence-corrected chi connectivity index (χ4v) is 1.73. The molecule has 0 saturated heterocycles. The van der Waals surface area contributed by atoms with Crippen LogP contribution < -0.4 is 0 Å². The van der Waals surface area contributed by atoms with E-state index in [1.165, 1.54) is 7.11 Å². The smallest absolute Gasteiger partial charge is 0.309 e. The van der Waals surface area contributed by atoms with E-state index in [1.807, 2.05) is 24.3 Å². The van der Waals surface area contributed by atoms with Gasteiger partial charge in [0.1, 0.15) is 0 Å². The number of carbonyl (C=O) groups is 1. The minimum atomic E-state index is -0.260. The van der Waals surface area contributed by atoms with Gasteiger partial charge >= 0.3 is 5.97 Å². The van der Waals surface area contributed by atoms with Gasteiger partial charge in [0.05, 0.1) is 18.0 Å². The molecule has 0 spiro atoms. The topological polar surface area (TPSA) is 52.1 Å². The van der Waals surface area contributed by atoms with Crippen molar-refractivity contribution in [2.45, 2.75) is 6.42 Å². The zero-order chi connectivity index (χ0) is 13.0. The average Bonchev–Trinajstić information content (AvgIpc) is 2.40. The molecular weight excluding hydrogens is 296 g/mol. The highest BCUT2D eigenvalue weighted by molar-refractivity contribution is 9.10. The molecule has 0 radical (unpaired) electrons. The summed E-state index contributed by atoms with van der Waals surface area (Å²) in [5.41, 5.74) is 1.76. The van der Waals surface area contributed by atoms with Crippen LogP contribution in [0.25, 0.3) is 11.4 Å². The van der Waals surface area contributed by atoms with Gasteiger partial charge in [0, 0.05) is 18.0 Å². The number of carbonyl (C=O) groups excluding carboxylic acids is 1. The minimum Gasteiger partial charge on any atom is -0.469 e. The molecule has 0 bridgehead atoms. The first-order valence-corrected chi connectivity index (χ1v) is 6.12. The van der Waals surface area contributed by atoms with E-state index in [0.717, 1.165) is 15.6 Å². The highest BCUT2D eigenvalue weighted by atomic mass is 79.9. The number of ether oxygens (including phenoxy) is 1. The van der Waals surface area contributed by atoms with Crippen LogP contribution in [0.1, 0.15) is 5.56 Å². The molecule has 1 aromatic carbocycles. The van der Waals surface area contributed by atoms with Crippen LogP contribution in [0.5, 0.6) is 0 Å². The zero-order valence-electron chi connectivity index (χ0n) is 9.76. The highest BCUT2D eigenvalue weighted by Gasteiger charge is 2.06. The lowest BCUT2D eigenvalue weighted by atomic mass is 10.1. The van der Waals surface area contributed by atoms with Gasteiger partial charge in [-0.1, -0.05) is 18.2 Å². The van der Waals surface area contributed by atoms with Gasteiger partial charge in [0.15, 0.2) is 5.82 Å². The Morgan fingerprint density at radius 2 is 2.06 bits per heavy atom. The Hall–Kier alpha value is -1.75. The second-order valence-electron chi connectivity index (χ2n) is 3.68. The molecule has 1 heterocycles. The van der Waals surface area contributed by atoms with Crippen LogP contribution >= 0.6 is 15.9 Å². The molecule has 0 atom stereocenters. The van der Waals surface area contributed by atoms with E-state index in [-0.39, 0.29) is 12.4 Å². The van der Waals surface area contributed by atoms with Gasteiger partial charge in [-0.2, -0.15) is 0 Å². The summed E-state index contributed by atoms with van der Waals surface area (Å²) in [7, 11) is 1.38. The van der Waals surface area contributed by atoms with E-state index in [9.17, 15) is 4.79 Å². The number of hydrogen-bond acceptors (Lipinski definition) is 4. The molecule has 5 heteroatoms. The predicted molar refractivity (Wildman–Crippen MR) is 70.9 cm³/mol. The maximum atomic E-state index is 11.2. The second-order valence-corrected chi connectivity index (χ2v) is 4.59. The molecule has 0 N–H and O–H groups in total. The van der Waals surface area contributed by atoms with Crippen molar-refractivity contribution in [3.05, 3.63) is 46.7 Å². The Kier molecular flexibility index (Phi) is 4.04. The molecule has 4 nitrogen and oxygen atoms in total. The zero-order valence-corrected chi connectivity index (χ0v) is 11.3. The molecule has 0 aliphatic rings. The summed E-state index contributed by atoms with van der Waals surface area (Å²) in [6.07, 6.45) is 3.63. The number of halogens is 1. The summed E-state index contributed by atoms with van der Waals surface area (Å²) < 4.78 is 5.47. The Morgan fingerprint density at radius 3 is 2.72 bits per heavy atom. The highest BCUT2D eigenvalue weighted by Crippen LogP contribution is 2.17. The molecule has 2 rings (SSSR count). The SMILES string of the molecule is COC(=O)Cc1cccc(-c2ncc(Br)cn2)c1. The number of esters is 1. The van der Waals surface area contributed by atoms with E-state index in [2.05, 4.69) is 30.6 Å². The first-order chi connectivity index (χ1) is 8.69. The quantitative estimate of drug-likeness (QED) is 0.818. The van der Waals surface area contributed by atoms with Crippen LogP contribution in [0.3, 0.4) is 0 Å². The summed E-state index contributed by atoms with van der Waals surface area (Å²) >= 11 is 3.29. The number of nitrogens with zero attached hydrogens (tertiary/aromatic N) is 2. The van der Waals surface area contributed by atoms with Crippen molar-refractivity contribution in [2.24, 2.45) is 0 Å². The van der Waals surface area contributed by atoms with Gasteiger partial charge in [0.2, 0.25) is 0 Å². The lowest BCUT2D eigenvalue weighted by Crippen LogP contribution is -2.04. The van der Waals surface area contributed by atoms with E-state index in [4.69, 9.17) is 0 Å². The van der Waals surface area contributed by atoms with Crippen LogP contribution in [0.4, 0.5) is 0 Å². The normalized spacial score (nSPS) is 10.1. The van der Waals surface area contributed by atoms with E-state index in [0.29, 0.717) is 5.82 Å².